The van der Waals surface area contributed by atoms with Gasteiger partial charge in [-0.25, -0.2) is 0 Å². The van der Waals surface area contributed by atoms with E-state index in [0.29, 0.717) is 0 Å². The van der Waals surface area contributed by atoms with Crippen LogP contribution in [0.15, 0.2) is 218 Å². The molecular formula is C74H74N2. The molecule has 0 fully saturated rings. The van der Waals surface area contributed by atoms with Gasteiger partial charge in [0.05, 0.1) is 5.41 Å². The van der Waals surface area contributed by atoms with Crippen LogP contribution >= 0.6 is 0 Å². The summed E-state index contributed by atoms with van der Waals surface area (Å²) < 4.78 is 0. The lowest BCUT2D eigenvalue weighted by molar-refractivity contribution is 0.519. The Hall–Kier alpha value is -7.68. The highest BCUT2D eigenvalue weighted by atomic mass is 15.1. The molecule has 2 heteroatoms. The van der Waals surface area contributed by atoms with Gasteiger partial charge in [-0.1, -0.05) is 199 Å². The second-order valence-corrected chi connectivity index (χ2v) is 25.6. The Balaban J connectivity index is 1.11. The number of hydrogen-bond donors (Lipinski definition) is 0. The molecule has 0 unspecified atom stereocenters. The number of benzene rings is 9. The first-order valence-electron chi connectivity index (χ1n) is 27.4. The van der Waals surface area contributed by atoms with Crippen molar-refractivity contribution in [3.8, 4) is 22.3 Å². The van der Waals surface area contributed by atoms with Gasteiger partial charge in [-0.05, 0) is 208 Å². The zero-order valence-electron chi connectivity index (χ0n) is 47.2. The molecule has 76 heavy (non-hydrogen) atoms. The number of nitrogens with zero attached hydrogens (tertiary/aromatic N) is 2. The van der Waals surface area contributed by atoms with Crippen LogP contribution < -0.4 is 9.80 Å². The van der Waals surface area contributed by atoms with Gasteiger partial charge in [0.25, 0.3) is 0 Å². The molecular weight excluding hydrogens is 917 g/mol. The van der Waals surface area contributed by atoms with Crippen LogP contribution in [0.2, 0.25) is 0 Å². The van der Waals surface area contributed by atoms with Gasteiger partial charge in [-0.2, -0.15) is 0 Å². The fraction of sp³-hybridized carbons (Fsp3) is 0.243. The Morgan fingerprint density at radius 3 is 1.20 bits per heavy atom. The maximum Gasteiger partial charge on any atom is 0.0725 e. The first-order valence-corrected chi connectivity index (χ1v) is 27.4. The average molecular weight is 991 g/mol. The molecule has 2 aliphatic rings. The van der Waals surface area contributed by atoms with Gasteiger partial charge < -0.3 is 9.80 Å². The molecule has 9 aromatic carbocycles. The Bertz CT molecular complexity index is 3690. The van der Waals surface area contributed by atoms with Gasteiger partial charge in [0.2, 0.25) is 0 Å². The van der Waals surface area contributed by atoms with Gasteiger partial charge in [0.1, 0.15) is 0 Å². The molecule has 1 spiro atoms. The largest absolute Gasteiger partial charge is 0.311 e. The maximum absolute atomic E-state index is 4.47. The summed E-state index contributed by atoms with van der Waals surface area (Å²) in [6.07, 6.45) is 6.64. The van der Waals surface area contributed by atoms with Crippen molar-refractivity contribution in [1.29, 1.82) is 0 Å². The monoisotopic (exact) mass is 991 g/mol. The van der Waals surface area contributed by atoms with Gasteiger partial charge in [0.15, 0.2) is 0 Å². The summed E-state index contributed by atoms with van der Waals surface area (Å²) in [5.74, 6) is 0. The maximum atomic E-state index is 4.47. The van der Waals surface area contributed by atoms with Crippen molar-refractivity contribution in [2.24, 2.45) is 5.41 Å². The molecule has 0 amide bonds. The zero-order chi connectivity index (χ0) is 53.7. The predicted molar refractivity (Wildman–Crippen MR) is 329 cm³/mol. The molecule has 0 heterocycles. The summed E-state index contributed by atoms with van der Waals surface area (Å²) in [5, 5.41) is 4.86. The topological polar surface area (TPSA) is 6.48 Å². The minimum absolute atomic E-state index is 0.0395. The average Bonchev–Trinajstić information content (AvgIpc) is 4.00. The zero-order valence-corrected chi connectivity index (χ0v) is 47.2. The third kappa shape index (κ3) is 8.61. The highest BCUT2D eigenvalue weighted by Gasteiger charge is 2.52. The van der Waals surface area contributed by atoms with E-state index in [1.807, 2.05) is 0 Å². The molecule has 0 aromatic heterocycles. The molecule has 380 valence electrons. The number of rotatable bonds is 8. The summed E-state index contributed by atoms with van der Waals surface area (Å²) in [6, 6.07) is 69.9. The molecule has 0 radical (unpaired) electrons. The lowest BCUT2D eigenvalue weighted by Gasteiger charge is -2.31. The van der Waals surface area contributed by atoms with Crippen molar-refractivity contribution in [3.63, 3.8) is 0 Å². The first-order chi connectivity index (χ1) is 36.0. The van der Waals surface area contributed by atoms with E-state index >= 15 is 0 Å². The van der Waals surface area contributed by atoms with E-state index in [0.717, 1.165) is 39.7 Å². The molecule has 0 bridgehead atoms. The Morgan fingerprint density at radius 2 is 0.776 bits per heavy atom. The van der Waals surface area contributed by atoms with Crippen molar-refractivity contribution >= 4 is 50.0 Å². The standard InChI is InChI=1S/C74H74N2/c1-15-56(33-24-48(2)70(3,4)5)75(57-36-27-53(28-37-57)71(6,7)8)60-34-25-49-44-64-65-45-50-26-35-61(76(58-38-29-54(30-39-58)72(9,10)11)59-40-31-55(32-41-59)73(12,13)14)43-52(50)47-69(65)74(68(64)46-51(49)42-60)66-22-18-16-20-62(66)63-21-17-19-23-67(63)74/h15-47H,2H2,1,3-14H3/b33-24-,56-15+. The summed E-state index contributed by atoms with van der Waals surface area (Å²) in [6.45, 7) is 33.8. The summed E-state index contributed by atoms with van der Waals surface area (Å²) in [7, 11) is 0. The van der Waals surface area contributed by atoms with Gasteiger partial charge in [0, 0.05) is 34.1 Å². The SMILES string of the molecule is C=C(/C=C\C(=C/C)N(c1ccc(C(C)(C)C)cc1)c1ccc2cc3c(cc2c1)C1(c2ccccc2-c2ccccc21)c1cc2cc(N(c4ccc(C(C)(C)C)cc4)c4ccc(C(C)(C)C)cc4)ccc2cc1-3)C(C)(C)C. The van der Waals surface area contributed by atoms with Crippen molar-refractivity contribution in [2.45, 2.75) is 112 Å². The smallest absolute Gasteiger partial charge is 0.0725 e. The van der Waals surface area contributed by atoms with E-state index in [1.165, 1.54) is 82.7 Å². The Kier molecular flexibility index (Phi) is 12.1. The van der Waals surface area contributed by atoms with Crippen LogP contribution in [0.1, 0.15) is 129 Å². The summed E-state index contributed by atoms with van der Waals surface area (Å²) in [4.78, 5) is 4.83. The van der Waals surface area contributed by atoms with Crippen LogP contribution in [-0.2, 0) is 21.7 Å². The molecule has 0 saturated carbocycles. The van der Waals surface area contributed by atoms with E-state index in [-0.39, 0.29) is 21.7 Å². The second-order valence-electron chi connectivity index (χ2n) is 25.6. The third-order valence-corrected chi connectivity index (χ3v) is 16.4. The number of fused-ring (bicyclic) bond motifs is 12. The highest BCUT2D eigenvalue weighted by molar-refractivity contribution is 6.04. The van der Waals surface area contributed by atoms with E-state index < -0.39 is 5.41 Å². The fourth-order valence-corrected chi connectivity index (χ4v) is 11.8. The quantitative estimate of drug-likeness (QED) is 0.140. The lowest BCUT2D eigenvalue weighted by atomic mass is 9.70. The van der Waals surface area contributed by atoms with Crippen LogP contribution in [0.4, 0.5) is 28.4 Å². The van der Waals surface area contributed by atoms with Crippen molar-refractivity contribution in [2.75, 3.05) is 9.80 Å². The molecule has 2 nitrogen and oxygen atoms in total. The summed E-state index contributed by atoms with van der Waals surface area (Å²) in [5.41, 5.74) is 21.8. The molecule has 0 aliphatic heterocycles. The Labute approximate surface area is 453 Å². The first kappa shape index (κ1) is 50.5. The van der Waals surface area contributed by atoms with Gasteiger partial charge in [-0.3, -0.25) is 0 Å². The fourth-order valence-electron chi connectivity index (χ4n) is 11.8. The molecule has 0 N–H and O–H groups in total. The van der Waals surface area contributed by atoms with Crippen molar-refractivity contribution in [1.82, 2.24) is 0 Å². The second kappa shape index (κ2) is 18.3. The molecule has 0 atom stereocenters. The van der Waals surface area contributed by atoms with Gasteiger partial charge in [-0.15, -0.1) is 0 Å². The number of allylic oxidation sites excluding steroid dienone is 4. The lowest BCUT2D eigenvalue weighted by Crippen LogP contribution is -2.25. The van der Waals surface area contributed by atoms with Crippen LogP contribution in [0.5, 0.6) is 0 Å². The van der Waals surface area contributed by atoms with Crippen LogP contribution in [-0.4, -0.2) is 0 Å². The van der Waals surface area contributed by atoms with E-state index in [4.69, 9.17) is 0 Å². The van der Waals surface area contributed by atoms with Gasteiger partial charge >= 0.3 is 0 Å². The van der Waals surface area contributed by atoms with Crippen molar-refractivity contribution < 1.29 is 0 Å². The molecule has 9 aromatic rings. The normalized spacial score (nSPS) is 14.0. The van der Waals surface area contributed by atoms with Crippen molar-refractivity contribution in [3.05, 3.63) is 257 Å². The van der Waals surface area contributed by atoms with Crippen LogP contribution in [0, 0.1) is 5.41 Å². The van der Waals surface area contributed by atoms with E-state index in [2.05, 4.69) is 307 Å². The minimum atomic E-state index is -0.537. The molecule has 11 rings (SSSR count). The minimum Gasteiger partial charge on any atom is -0.311 e. The highest BCUT2D eigenvalue weighted by Crippen LogP contribution is 2.64. The summed E-state index contributed by atoms with van der Waals surface area (Å²) >= 11 is 0. The molecule has 0 saturated heterocycles. The van der Waals surface area contributed by atoms with Crippen LogP contribution in [0.25, 0.3) is 43.8 Å². The van der Waals surface area contributed by atoms with E-state index in [1.54, 1.807) is 0 Å². The predicted octanol–water partition coefficient (Wildman–Crippen LogP) is 20.9. The Morgan fingerprint density at radius 1 is 0.382 bits per heavy atom. The number of hydrogen-bond acceptors (Lipinski definition) is 2. The molecule has 2 aliphatic carbocycles. The van der Waals surface area contributed by atoms with E-state index in [9.17, 15) is 0 Å². The van der Waals surface area contributed by atoms with Crippen LogP contribution in [0.3, 0.4) is 0 Å². The number of anilines is 5. The third-order valence-electron chi connectivity index (χ3n) is 16.4.